The summed E-state index contributed by atoms with van der Waals surface area (Å²) < 4.78 is 0. The molecule has 4 unspecified atom stereocenters. The molecule has 0 aromatic rings. The average Bonchev–Trinajstić information content (AvgIpc) is 2.32. The molecular weight excluding hydrogens is 196 g/mol. The van der Waals surface area contributed by atoms with Crippen molar-refractivity contribution < 1.29 is 0 Å². The molecule has 2 rings (SSSR count). The van der Waals surface area contributed by atoms with E-state index in [0.717, 1.165) is 23.9 Å². The third-order valence-electron chi connectivity index (χ3n) is 4.79. The van der Waals surface area contributed by atoms with Crippen LogP contribution in [0.25, 0.3) is 0 Å². The van der Waals surface area contributed by atoms with Crippen molar-refractivity contribution in [1.29, 1.82) is 0 Å². The third-order valence-corrected chi connectivity index (χ3v) is 4.79. The van der Waals surface area contributed by atoms with Crippen molar-refractivity contribution >= 4 is 0 Å². The van der Waals surface area contributed by atoms with Crippen LogP contribution < -0.4 is 5.32 Å². The monoisotopic (exact) mass is 224 g/mol. The Bertz CT molecular complexity index is 211. The molecule has 2 heteroatoms. The van der Waals surface area contributed by atoms with Crippen LogP contribution in [-0.4, -0.2) is 37.1 Å². The minimum absolute atomic E-state index is 0.784. The maximum atomic E-state index is 3.54. The lowest BCUT2D eigenvalue weighted by molar-refractivity contribution is 0.0667. The fourth-order valence-corrected chi connectivity index (χ4v) is 3.52. The summed E-state index contributed by atoms with van der Waals surface area (Å²) in [6, 6.07) is 1.61. The Kier molecular flexibility index (Phi) is 4.26. The molecule has 1 aliphatic carbocycles. The highest BCUT2D eigenvalue weighted by atomic mass is 15.2. The molecule has 2 aliphatic rings. The summed E-state index contributed by atoms with van der Waals surface area (Å²) in [5, 5.41) is 3.54. The van der Waals surface area contributed by atoms with Gasteiger partial charge in [-0.1, -0.05) is 20.3 Å². The van der Waals surface area contributed by atoms with E-state index in [1.165, 1.54) is 45.2 Å². The van der Waals surface area contributed by atoms with E-state index in [-0.39, 0.29) is 0 Å². The first kappa shape index (κ1) is 12.4. The molecular formula is C14H28N2. The first-order valence-electron chi connectivity index (χ1n) is 7.11. The van der Waals surface area contributed by atoms with E-state index >= 15 is 0 Å². The normalized spacial score (nSPS) is 41.2. The Balaban J connectivity index is 1.93. The Hall–Kier alpha value is -0.0800. The van der Waals surface area contributed by atoms with Gasteiger partial charge in [-0.15, -0.1) is 0 Å². The predicted molar refractivity (Wildman–Crippen MR) is 69.6 cm³/mol. The van der Waals surface area contributed by atoms with Crippen molar-refractivity contribution in [3.05, 3.63) is 0 Å². The molecule has 2 fully saturated rings. The van der Waals surface area contributed by atoms with E-state index in [2.05, 4.69) is 31.1 Å². The van der Waals surface area contributed by atoms with Gasteiger partial charge in [0, 0.05) is 18.6 Å². The van der Waals surface area contributed by atoms with Crippen LogP contribution in [0.2, 0.25) is 0 Å². The molecule has 1 aliphatic heterocycles. The summed E-state index contributed by atoms with van der Waals surface area (Å²) in [4.78, 5) is 2.69. The van der Waals surface area contributed by atoms with Crippen molar-refractivity contribution in [2.75, 3.05) is 20.1 Å². The number of piperidine rings is 1. The van der Waals surface area contributed by atoms with Gasteiger partial charge in [0.15, 0.2) is 0 Å². The van der Waals surface area contributed by atoms with Gasteiger partial charge >= 0.3 is 0 Å². The number of likely N-dealkylation sites (N-methyl/N-ethyl adjacent to an activating group) is 1. The van der Waals surface area contributed by atoms with Crippen LogP contribution in [0.15, 0.2) is 0 Å². The van der Waals surface area contributed by atoms with Gasteiger partial charge in [0.2, 0.25) is 0 Å². The first-order chi connectivity index (χ1) is 7.68. The Morgan fingerprint density at radius 3 is 2.62 bits per heavy atom. The average molecular weight is 224 g/mol. The van der Waals surface area contributed by atoms with Crippen LogP contribution in [0.3, 0.4) is 0 Å². The highest BCUT2D eigenvalue weighted by molar-refractivity contribution is 4.87. The van der Waals surface area contributed by atoms with Crippen molar-refractivity contribution in [2.45, 2.75) is 58.0 Å². The minimum atomic E-state index is 0.784. The third kappa shape index (κ3) is 2.78. The summed E-state index contributed by atoms with van der Waals surface area (Å²) in [5.74, 6) is 1.82. The summed E-state index contributed by atoms with van der Waals surface area (Å²) in [6.07, 6.45) is 7.02. The molecule has 0 amide bonds. The second kappa shape index (κ2) is 5.50. The summed E-state index contributed by atoms with van der Waals surface area (Å²) >= 11 is 0. The zero-order valence-electron chi connectivity index (χ0n) is 11.2. The number of rotatable bonds is 2. The van der Waals surface area contributed by atoms with Crippen LogP contribution >= 0.6 is 0 Å². The summed E-state index contributed by atoms with van der Waals surface area (Å²) in [6.45, 7) is 7.30. The molecule has 1 N–H and O–H groups in total. The molecule has 94 valence electrons. The zero-order valence-corrected chi connectivity index (χ0v) is 11.2. The molecule has 2 nitrogen and oxygen atoms in total. The van der Waals surface area contributed by atoms with Gasteiger partial charge in [0.25, 0.3) is 0 Å². The maximum absolute atomic E-state index is 3.54. The van der Waals surface area contributed by atoms with E-state index in [4.69, 9.17) is 0 Å². The highest BCUT2D eigenvalue weighted by Crippen LogP contribution is 2.32. The van der Waals surface area contributed by atoms with Crippen molar-refractivity contribution in [1.82, 2.24) is 10.2 Å². The summed E-state index contributed by atoms with van der Waals surface area (Å²) in [5.41, 5.74) is 0. The van der Waals surface area contributed by atoms with Gasteiger partial charge in [-0.3, -0.25) is 4.90 Å². The van der Waals surface area contributed by atoms with Gasteiger partial charge in [-0.2, -0.15) is 0 Å². The molecule has 0 aromatic heterocycles. The highest BCUT2D eigenvalue weighted by Gasteiger charge is 2.32. The van der Waals surface area contributed by atoms with Crippen LogP contribution in [0, 0.1) is 11.8 Å². The first-order valence-corrected chi connectivity index (χ1v) is 7.11. The predicted octanol–water partition coefficient (Wildman–Crippen LogP) is 2.49. The standard InChI is InChI=1S/C14H28N2/c1-11-6-7-12(2)14(9-11)16(3)13-5-4-8-15-10-13/h11-15H,4-10H2,1-3H3. The molecule has 0 bridgehead atoms. The molecule has 1 heterocycles. The van der Waals surface area contributed by atoms with Crippen molar-refractivity contribution in [3.8, 4) is 0 Å². The lowest BCUT2D eigenvalue weighted by Gasteiger charge is -2.44. The molecule has 0 aromatic carbocycles. The number of hydrogen-bond donors (Lipinski definition) is 1. The van der Waals surface area contributed by atoms with Gasteiger partial charge in [-0.25, -0.2) is 0 Å². The van der Waals surface area contributed by atoms with E-state index < -0.39 is 0 Å². The Labute approximate surface area is 101 Å². The minimum Gasteiger partial charge on any atom is -0.315 e. The van der Waals surface area contributed by atoms with Gasteiger partial charge in [-0.05, 0) is 51.1 Å². The summed E-state index contributed by atoms with van der Waals surface area (Å²) in [7, 11) is 2.36. The van der Waals surface area contributed by atoms with Gasteiger partial charge < -0.3 is 5.32 Å². The smallest absolute Gasteiger partial charge is 0.0221 e. The quantitative estimate of drug-likeness (QED) is 0.775. The topological polar surface area (TPSA) is 15.3 Å². The fraction of sp³-hybridized carbons (Fsp3) is 1.00. The number of hydrogen-bond acceptors (Lipinski definition) is 2. The largest absolute Gasteiger partial charge is 0.315 e. The maximum Gasteiger partial charge on any atom is 0.0221 e. The van der Waals surface area contributed by atoms with Crippen LogP contribution in [0.5, 0.6) is 0 Å². The van der Waals surface area contributed by atoms with Crippen LogP contribution in [-0.2, 0) is 0 Å². The van der Waals surface area contributed by atoms with Crippen LogP contribution in [0.4, 0.5) is 0 Å². The zero-order chi connectivity index (χ0) is 11.5. The number of nitrogens with zero attached hydrogens (tertiary/aromatic N) is 1. The van der Waals surface area contributed by atoms with E-state index in [9.17, 15) is 0 Å². The van der Waals surface area contributed by atoms with Crippen LogP contribution in [0.1, 0.15) is 46.0 Å². The fourth-order valence-electron chi connectivity index (χ4n) is 3.52. The Morgan fingerprint density at radius 1 is 1.12 bits per heavy atom. The second-order valence-electron chi connectivity index (χ2n) is 6.13. The Morgan fingerprint density at radius 2 is 1.94 bits per heavy atom. The molecule has 0 radical (unpaired) electrons. The molecule has 1 saturated heterocycles. The second-order valence-corrected chi connectivity index (χ2v) is 6.13. The van der Waals surface area contributed by atoms with Gasteiger partial charge in [0.05, 0.1) is 0 Å². The lowest BCUT2D eigenvalue weighted by Crippen LogP contribution is -2.51. The SMILES string of the molecule is CC1CCC(C)C(N(C)C2CCCNC2)C1. The van der Waals surface area contributed by atoms with E-state index in [1.54, 1.807) is 0 Å². The molecule has 16 heavy (non-hydrogen) atoms. The molecule has 1 saturated carbocycles. The van der Waals surface area contributed by atoms with E-state index in [0.29, 0.717) is 0 Å². The molecule has 0 spiro atoms. The lowest BCUT2D eigenvalue weighted by atomic mass is 9.78. The van der Waals surface area contributed by atoms with Crippen molar-refractivity contribution in [2.24, 2.45) is 11.8 Å². The number of nitrogens with one attached hydrogen (secondary N) is 1. The van der Waals surface area contributed by atoms with E-state index in [1.807, 2.05) is 0 Å². The molecule has 4 atom stereocenters. The van der Waals surface area contributed by atoms with Crippen molar-refractivity contribution in [3.63, 3.8) is 0 Å². The van der Waals surface area contributed by atoms with Gasteiger partial charge in [0.1, 0.15) is 0 Å².